The number of hydrogen-bond donors (Lipinski definition) is 1. The van der Waals surface area contributed by atoms with E-state index in [0.717, 1.165) is 0 Å². The minimum atomic E-state index is -4.09. The van der Waals surface area contributed by atoms with Crippen molar-refractivity contribution in [2.24, 2.45) is 0 Å². The van der Waals surface area contributed by atoms with Crippen LogP contribution in [0.4, 0.5) is 28.2 Å². The molecular weight excluding hydrogens is 343 g/mol. The fraction of sp³-hybridized carbons (Fsp3) is 0. The van der Waals surface area contributed by atoms with Crippen LogP contribution in [0.15, 0.2) is 0 Å². The van der Waals surface area contributed by atoms with Crippen molar-refractivity contribution in [1.29, 1.82) is 0 Å². The van der Waals surface area contributed by atoms with Crippen LogP contribution < -0.4 is 0 Å². The van der Waals surface area contributed by atoms with Crippen molar-refractivity contribution in [3.05, 3.63) is 0 Å². The van der Waals surface area contributed by atoms with Gasteiger partial charge in [-0.05, 0) is 0 Å². The summed E-state index contributed by atoms with van der Waals surface area (Å²) < 4.78 is 24.6. The molecule has 0 aliphatic rings. The third-order valence-corrected chi connectivity index (χ3v) is 0. The molecule has 0 aromatic heterocycles. The van der Waals surface area contributed by atoms with Gasteiger partial charge in [-0.1, -0.05) is 0 Å². The molecule has 10 heavy (non-hydrogen) atoms. The fourth-order valence-electron chi connectivity index (χ4n) is 0. The summed E-state index contributed by atoms with van der Waals surface area (Å²) in [6, 6.07) is 0. The Kier molecular flexibility index (Phi) is 624. The van der Waals surface area contributed by atoms with Crippen molar-refractivity contribution < 1.29 is 57.1 Å². The van der Waals surface area contributed by atoms with E-state index in [9.17, 15) is 0 Å². The van der Waals surface area contributed by atoms with Gasteiger partial charge in [0, 0.05) is 0 Å². The van der Waals surface area contributed by atoms with Gasteiger partial charge in [-0.25, -0.2) is 0 Å². The molecule has 0 saturated heterocycles. The van der Waals surface area contributed by atoms with E-state index >= 15 is 0 Å². The molecule has 0 saturated carbocycles. The summed E-state index contributed by atoms with van der Waals surface area (Å²) in [4.78, 5) is 0. The van der Waals surface area contributed by atoms with Gasteiger partial charge in [0.25, 0.3) is 0 Å². The summed E-state index contributed by atoms with van der Waals surface area (Å²) in [5, 5.41) is 0. The van der Waals surface area contributed by atoms with Gasteiger partial charge in [-0.3, -0.25) is 28.2 Å². The SMILES string of the molecule is F.F.F.F.F.F.[O]=[Ta](=[O])[OH]. The van der Waals surface area contributed by atoms with E-state index in [1.807, 2.05) is 0 Å². The predicted octanol–water partition coefficient (Wildman–Crippen LogP) is 0.118. The second-order valence-corrected chi connectivity index (χ2v) is 1.95. The van der Waals surface area contributed by atoms with Crippen molar-refractivity contribution in [3.8, 4) is 0 Å². The van der Waals surface area contributed by atoms with Gasteiger partial charge in [0.1, 0.15) is 0 Å². The Labute approximate surface area is 57.9 Å². The van der Waals surface area contributed by atoms with Crippen molar-refractivity contribution in [3.63, 3.8) is 0 Å². The Hall–Kier alpha value is -0.120. The van der Waals surface area contributed by atoms with Gasteiger partial charge in [0.2, 0.25) is 0 Å². The van der Waals surface area contributed by atoms with E-state index in [1.165, 1.54) is 0 Å². The summed E-state index contributed by atoms with van der Waals surface area (Å²) in [5.41, 5.74) is 0. The first-order valence-corrected chi connectivity index (χ1v) is 4.63. The maximum absolute atomic E-state index is 8.73. The molecule has 10 heteroatoms. The van der Waals surface area contributed by atoms with Gasteiger partial charge in [0.05, 0.1) is 0 Å². The summed E-state index contributed by atoms with van der Waals surface area (Å²) in [6.07, 6.45) is 0. The molecule has 3 nitrogen and oxygen atoms in total. The zero-order valence-electron chi connectivity index (χ0n) is 4.16. The van der Waals surface area contributed by atoms with Crippen LogP contribution in [0.3, 0.4) is 0 Å². The molecule has 0 radical (unpaired) electrons. The molecule has 0 unspecified atom stereocenters. The van der Waals surface area contributed by atoms with Gasteiger partial charge in [-0.15, -0.1) is 0 Å². The molecule has 0 bridgehead atoms. The summed E-state index contributed by atoms with van der Waals surface area (Å²) >= 11 is -4.09. The van der Waals surface area contributed by atoms with Gasteiger partial charge in [0.15, 0.2) is 0 Å². The quantitative estimate of drug-likeness (QED) is 0.632. The second kappa shape index (κ2) is 66.5. The van der Waals surface area contributed by atoms with E-state index in [1.54, 1.807) is 0 Å². The van der Waals surface area contributed by atoms with E-state index < -0.39 is 18.8 Å². The monoisotopic (exact) mass is 350 g/mol. The molecule has 0 amide bonds. The van der Waals surface area contributed by atoms with Crippen molar-refractivity contribution >= 4 is 0 Å². The Bertz CT molecular complexity index is 61.4. The Morgan fingerprint density at radius 2 is 0.700 bits per heavy atom. The van der Waals surface area contributed by atoms with Crippen LogP contribution in [0.5, 0.6) is 0 Å². The van der Waals surface area contributed by atoms with Crippen LogP contribution in [0, 0.1) is 0 Å². The Morgan fingerprint density at radius 1 is 0.700 bits per heavy atom. The summed E-state index contributed by atoms with van der Waals surface area (Å²) in [6.45, 7) is 0. The first-order chi connectivity index (χ1) is 1.73. The second-order valence-electron chi connectivity index (χ2n) is 0.238. The standard InChI is InChI=1S/6FH.H2O.2O.Ta/h6*1H;1H2;;;/q;;;;;;;;;+1/p-1. The molecule has 0 aromatic carbocycles. The van der Waals surface area contributed by atoms with Crippen LogP contribution in [0.2, 0.25) is 0 Å². The molecule has 0 rings (SSSR count). The zero-order chi connectivity index (χ0) is 3.58. The number of rotatable bonds is 0. The molecule has 0 heterocycles. The molecule has 0 spiro atoms. The molecule has 0 fully saturated rings. The average molecular weight is 350 g/mol. The van der Waals surface area contributed by atoms with Crippen molar-refractivity contribution in [1.82, 2.24) is 0 Å². The van der Waals surface area contributed by atoms with Gasteiger partial charge < -0.3 is 0 Å². The summed E-state index contributed by atoms with van der Waals surface area (Å²) in [5.74, 6) is 0. The van der Waals surface area contributed by atoms with Crippen LogP contribution in [0.1, 0.15) is 0 Å². The zero-order valence-corrected chi connectivity index (χ0v) is 7.37. The van der Waals surface area contributed by atoms with Crippen LogP contribution in [-0.4, -0.2) is 3.61 Å². The maximum atomic E-state index is 8.73. The fourth-order valence-corrected chi connectivity index (χ4v) is 0. The minimum absolute atomic E-state index is 0. The first-order valence-electron chi connectivity index (χ1n) is 0.565. The molecule has 0 aliphatic heterocycles. The molecule has 72 valence electrons. The van der Waals surface area contributed by atoms with Crippen LogP contribution in [0.25, 0.3) is 0 Å². The van der Waals surface area contributed by atoms with Crippen LogP contribution >= 0.6 is 0 Å². The van der Waals surface area contributed by atoms with Gasteiger partial charge >= 0.3 is 28.9 Å². The molecular formula is H7F6O3Ta. The number of halogens is 6. The van der Waals surface area contributed by atoms with E-state index in [4.69, 9.17) is 10.1 Å². The third-order valence-electron chi connectivity index (χ3n) is 0. The Balaban J connectivity index is -0.00000000300. The predicted molar refractivity (Wildman–Crippen MR) is 18.6 cm³/mol. The normalized spacial score (nSPS) is 2.50. The first kappa shape index (κ1) is 93.9. The molecule has 0 aliphatic carbocycles. The number of hydrogen-bond acceptors (Lipinski definition) is 2. The van der Waals surface area contributed by atoms with Crippen LogP contribution in [-0.2, 0) is 25.3 Å². The summed E-state index contributed by atoms with van der Waals surface area (Å²) in [7, 11) is 0. The molecule has 0 aromatic rings. The average Bonchev–Trinajstić information content (AvgIpc) is 0.811. The van der Waals surface area contributed by atoms with Gasteiger partial charge in [-0.2, -0.15) is 0 Å². The molecule has 0 atom stereocenters. The van der Waals surface area contributed by atoms with Crippen molar-refractivity contribution in [2.45, 2.75) is 0 Å². The Morgan fingerprint density at radius 3 is 0.700 bits per heavy atom. The van der Waals surface area contributed by atoms with E-state index in [-0.39, 0.29) is 28.2 Å². The topological polar surface area (TPSA) is 54.4 Å². The third kappa shape index (κ3) is 26000. The van der Waals surface area contributed by atoms with E-state index in [2.05, 4.69) is 0 Å². The molecule has 1 N–H and O–H groups in total. The van der Waals surface area contributed by atoms with Crippen molar-refractivity contribution in [2.75, 3.05) is 0 Å². The van der Waals surface area contributed by atoms with E-state index in [0.29, 0.717) is 0 Å².